The van der Waals surface area contributed by atoms with Crippen molar-refractivity contribution >= 4 is 10.4 Å². The van der Waals surface area contributed by atoms with Gasteiger partial charge in [-0.05, 0) is 0 Å². The summed E-state index contributed by atoms with van der Waals surface area (Å²) in [6, 6.07) is 0. The van der Waals surface area contributed by atoms with Gasteiger partial charge in [-0.1, -0.05) is 0 Å². The van der Waals surface area contributed by atoms with Crippen LogP contribution in [-0.4, -0.2) is 17.5 Å². The summed E-state index contributed by atoms with van der Waals surface area (Å²) in [5.41, 5.74) is 0. The van der Waals surface area contributed by atoms with Crippen molar-refractivity contribution in [1.82, 2.24) is 0 Å². The molecular weight excluding hydrogens is 171 g/mol. The molecule has 0 amide bonds. The van der Waals surface area contributed by atoms with Crippen molar-refractivity contribution in [3.63, 3.8) is 0 Å². The van der Waals surface area contributed by atoms with Crippen LogP contribution in [0.5, 0.6) is 0 Å². The monoisotopic (exact) mass is 171 g/mol. The van der Waals surface area contributed by atoms with Gasteiger partial charge in [0.2, 0.25) is 0 Å². The Morgan fingerprint density at radius 3 is 1.29 bits per heavy atom. The fourth-order valence-electron chi connectivity index (χ4n) is 0. The number of hydrogen-bond acceptors (Lipinski definition) is 4. The molecule has 0 aromatic heterocycles. The minimum absolute atomic E-state index is 1.75. The van der Waals surface area contributed by atoms with E-state index >= 15 is 0 Å². The molecule has 0 aliphatic rings. The third-order valence-corrected chi connectivity index (χ3v) is 0. The first-order chi connectivity index (χ1) is 3.00. The van der Waals surface area contributed by atoms with Crippen molar-refractivity contribution in [1.29, 1.82) is 0 Å². The van der Waals surface area contributed by atoms with Crippen molar-refractivity contribution in [2.24, 2.45) is 0 Å². The van der Waals surface area contributed by atoms with Crippen molar-refractivity contribution in [2.45, 2.75) is 0 Å². The quantitative estimate of drug-likeness (QED) is 0.268. The van der Waals surface area contributed by atoms with E-state index in [4.69, 9.17) is 17.5 Å². The summed E-state index contributed by atoms with van der Waals surface area (Å²) in [5, 5.41) is 0. The Labute approximate surface area is 48.6 Å². The van der Waals surface area contributed by atoms with Gasteiger partial charge >= 0.3 is 20.0 Å². The van der Waals surface area contributed by atoms with E-state index in [1.165, 1.54) is 0 Å². The molecule has 0 fully saturated rings. The van der Waals surface area contributed by atoms with Gasteiger partial charge in [0, 0.05) is 10.4 Å². The van der Waals surface area contributed by atoms with Gasteiger partial charge in [-0.3, -0.25) is 8.42 Å². The van der Waals surface area contributed by atoms with Crippen LogP contribution in [0.25, 0.3) is 0 Å². The molecule has 0 saturated heterocycles. The van der Waals surface area contributed by atoms with E-state index in [9.17, 15) is 3.55 Å². The Hall–Kier alpha value is 0.319. The van der Waals surface area contributed by atoms with Crippen LogP contribution < -0.4 is 0 Å². The van der Waals surface area contributed by atoms with Gasteiger partial charge < -0.3 is 9.11 Å². The van der Waals surface area contributed by atoms with E-state index in [1.54, 1.807) is 16.5 Å². The van der Waals surface area contributed by atoms with Crippen LogP contribution in [0.4, 0.5) is 3.55 Å². The maximum absolute atomic E-state index is 9.25. The normalized spacial score (nSPS) is 9.00. The first-order valence-electron chi connectivity index (χ1n) is 0.800. The Morgan fingerprint density at radius 1 is 1.29 bits per heavy atom. The molecule has 0 radical (unpaired) electrons. The van der Waals surface area contributed by atoms with Gasteiger partial charge in [0.1, 0.15) is 0 Å². The van der Waals surface area contributed by atoms with Crippen LogP contribution in [0.2, 0.25) is 0 Å². The topological polar surface area (TPSA) is 80.3 Å². The van der Waals surface area contributed by atoms with Gasteiger partial charge in [0.15, 0.2) is 0 Å². The number of rotatable bonds is 0. The maximum atomic E-state index is 9.25. The molecule has 0 aromatic rings. The van der Waals surface area contributed by atoms with Gasteiger partial charge in [-0.2, -0.15) is 0 Å². The summed E-state index contributed by atoms with van der Waals surface area (Å²) < 4.78 is 43.3. The van der Waals surface area contributed by atoms with Crippen LogP contribution >= 0.6 is 0 Å². The SMILES string of the molecule is O=S(=O)([O-])[O-].[F][Fe+2]. The minimum atomic E-state index is -5.17. The summed E-state index contributed by atoms with van der Waals surface area (Å²) in [6.07, 6.45) is 0. The van der Waals surface area contributed by atoms with Gasteiger partial charge in [0.25, 0.3) is 0 Å². The predicted octanol–water partition coefficient (Wildman–Crippen LogP) is -0.920. The first-order valence-corrected chi connectivity index (χ1v) is 2.55. The Kier molecular flexibility index (Phi) is 6.61. The molecular formula is FFeO4S. The zero-order chi connectivity index (χ0) is 6.50. The molecule has 0 bridgehead atoms. The number of halogens is 1. The van der Waals surface area contributed by atoms with Crippen LogP contribution in [0.15, 0.2) is 0 Å². The zero-order valence-electron chi connectivity index (χ0n) is 2.77. The fraction of sp³-hybridized carbons (Fsp3) is 0. The van der Waals surface area contributed by atoms with E-state index in [-0.39, 0.29) is 0 Å². The molecule has 0 aliphatic carbocycles. The van der Waals surface area contributed by atoms with E-state index in [2.05, 4.69) is 0 Å². The van der Waals surface area contributed by atoms with E-state index in [0.29, 0.717) is 0 Å². The first kappa shape index (κ1) is 10.3. The van der Waals surface area contributed by atoms with Crippen LogP contribution in [-0.2, 0) is 26.9 Å². The van der Waals surface area contributed by atoms with Crippen molar-refractivity contribution in [3.05, 3.63) is 0 Å². The third kappa shape index (κ3) is 1160. The molecule has 7 heavy (non-hydrogen) atoms. The molecule has 0 aromatic carbocycles. The van der Waals surface area contributed by atoms with E-state index in [1.807, 2.05) is 0 Å². The van der Waals surface area contributed by atoms with E-state index < -0.39 is 10.4 Å². The second kappa shape index (κ2) is 4.48. The van der Waals surface area contributed by atoms with Gasteiger partial charge in [-0.25, -0.2) is 0 Å². The van der Waals surface area contributed by atoms with Crippen LogP contribution in [0, 0.1) is 0 Å². The average Bonchev–Trinajstić information content (AvgIpc) is 1.36. The Morgan fingerprint density at radius 2 is 1.29 bits per heavy atom. The Bertz CT molecular complexity index is 94.9. The van der Waals surface area contributed by atoms with Crippen LogP contribution in [0.3, 0.4) is 0 Å². The molecule has 0 rings (SSSR count). The van der Waals surface area contributed by atoms with Crippen molar-refractivity contribution < 1.29 is 37.5 Å². The number of hydrogen-bond donors (Lipinski definition) is 0. The molecule has 0 unspecified atom stereocenters. The fourth-order valence-corrected chi connectivity index (χ4v) is 0. The zero-order valence-corrected chi connectivity index (χ0v) is 4.69. The standard InChI is InChI=1S/FH.Fe.H2O4S/c;;1-5(2,3)4/h1H;;(H2,1,2,3,4)/q;+3;/p-3. The molecule has 0 aliphatic heterocycles. The molecule has 0 N–H and O–H groups in total. The Balaban J connectivity index is 0. The summed E-state index contributed by atoms with van der Waals surface area (Å²) >= 11 is 1.75. The van der Waals surface area contributed by atoms with Crippen molar-refractivity contribution in [2.75, 3.05) is 0 Å². The summed E-state index contributed by atoms with van der Waals surface area (Å²) in [5.74, 6) is 0. The average molecular weight is 171 g/mol. The molecule has 0 atom stereocenters. The van der Waals surface area contributed by atoms with Crippen molar-refractivity contribution in [3.8, 4) is 0 Å². The molecule has 0 heterocycles. The summed E-state index contributed by atoms with van der Waals surface area (Å²) in [6.45, 7) is 0. The summed E-state index contributed by atoms with van der Waals surface area (Å²) in [7, 11) is -5.17. The third-order valence-electron chi connectivity index (χ3n) is 0. The van der Waals surface area contributed by atoms with E-state index in [0.717, 1.165) is 0 Å². The molecule has 4 nitrogen and oxygen atoms in total. The van der Waals surface area contributed by atoms with Gasteiger partial charge in [0.05, 0.1) is 0 Å². The molecule has 0 saturated carbocycles. The molecule has 0 spiro atoms. The second-order valence-electron chi connectivity index (χ2n) is 0.408. The molecule has 45 valence electrons. The molecule has 7 heteroatoms. The predicted molar refractivity (Wildman–Crippen MR) is 11.6 cm³/mol. The second-order valence-corrected chi connectivity index (χ2v) is 1.22. The van der Waals surface area contributed by atoms with Crippen LogP contribution in [0.1, 0.15) is 0 Å². The van der Waals surface area contributed by atoms with Gasteiger partial charge in [-0.15, -0.1) is 0 Å². The summed E-state index contributed by atoms with van der Waals surface area (Å²) in [4.78, 5) is 0.